The van der Waals surface area contributed by atoms with Gasteiger partial charge in [-0.25, -0.2) is 0 Å². The molecule has 0 radical (unpaired) electrons. The largest absolute Gasteiger partial charge is 0.496 e. The third kappa shape index (κ3) is 3.28. The Balaban J connectivity index is 1.60. The lowest BCUT2D eigenvalue weighted by Gasteiger charge is -2.11. The average molecular weight is 366 g/mol. The molecule has 1 unspecified atom stereocenters. The summed E-state index contributed by atoms with van der Waals surface area (Å²) in [5.41, 5.74) is 6.45. The van der Waals surface area contributed by atoms with Gasteiger partial charge in [-0.3, -0.25) is 0 Å². The van der Waals surface area contributed by atoms with Gasteiger partial charge in [0, 0.05) is 24.1 Å². The van der Waals surface area contributed by atoms with Crippen LogP contribution in [-0.2, 0) is 12.8 Å². The number of para-hydroxylation sites is 1. The van der Waals surface area contributed by atoms with Crippen molar-refractivity contribution in [3.05, 3.63) is 82.4 Å². The van der Waals surface area contributed by atoms with Gasteiger partial charge < -0.3 is 15.2 Å². The molecule has 0 fully saturated rings. The van der Waals surface area contributed by atoms with Crippen molar-refractivity contribution >= 4 is 17.3 Å². The highest BCUT2D eigenvalue weighted by Crippen LogP contribution is 2.36. The van der Waals surface area contributed by atoms with Crippen LogP contribution >= 0.6 is 11.6 Å². The molecule has 0 aromatic heterocycles. The highest BCUT2D eigenvalue weighted by atomic mass is 35.5. The van der Waals surface area contributed by atoms with Crippen molar-refractivity contribution in [1.82, 2.24) is 0 Å². The first kappa shape index (κ1) is 17.0. The first-order valence-electron chi connectivity index (χ1n) is 8.62. The van der Waals surface area contributed by atoms with Gasteiger partial charge >= 0.3 is 0 Å². The van der Waals surface area contributed by atoms with Crippen molar-refractivity contribution in [2.75, 3.05) is 12.4 Å². The Kier molecular flexibility index (Phi) is 4.58. The third-order valence-electron chi connectivity index (χ3n) is 4.78. The van der Waals surface area contributed by atoms with Crippen molar-refractivity contribution in [3.8, 4) is 16.9 Å². The van der Waals surface area contributed by atoms with E-state index in [-0.39, 0.29) is 0 Å². The summed E-state index contributed by atoms with van der Waals surface area (Å²) in [5, 5.41) is 13.5. The molecule has 1 aliphatic rings. The third-order valence-corrected chi connectivity index (χ3v) is 5.09. The average Bonchev–Trinajstić information content (AvgIpc) is 3.01. The van der Waals surface area contributed by atoms with Crippen molar-refractivity contribution in [2.24, 2.45) is 0 Å². The predicted octanol–water partition coefficient (Wildman–Crippen LogP) is 4.89. The second-order valence-corrected chi connectivity index (χ2v) is 6.95. The van der Waals surface area contributed by atoms with Crippen LogP contribution in [-0.4, -0.2) is 18.4 Å². The van der Waals surface area contributed by atoms with E-state index in [4.69, 9.17) is 16.3 Å². The highest BCUT2D eigenvalue weighted by molar-refractivity contribution is 6.33. The molecule has 26 heavy (non-hydrogen) atoms. The summed E-state index contributed by atoms with van der Waals surface area (Å²) < 4.78 is 5.43. The van der Waals surface area contributed by atoms with Gasteiger partial charge in [0.2, 0.25) is 0 Å². The number of anilines is 1. The molecule has 3 nitrogen and oxygen atoms in total. The van der Waals surface area contributed by atoms with Crippen LogP contribution in [0.5, 0.6) is 5.75 Å². The molecule has 3 aromatic rings. The van der Waals surface area contributed by atoms with E-state index in [0.29, 0.717) is 11.4 Å². The minimum Gasteiger partial charge on any atom is -0.496 e. The van der Waals surface area contributed by atoms with Gasteiger partial charge in [0.1, 0.15) is 12.0 Å². The molecular weight excluding hydrogens is 346 g/mol. The Morgan fingerprint density at radius 3 is 2.65 bits per heavy atom. The second-order valence-electron chi connectivity index (χ2n) is 6.54. The number of halogens is 1. The monoisotopic (exact) mass is 365 g/mol. The molecule has 0 amide bonds. The zero-order chi connectivity index (χ0) is 18.1. The lowest BCUT2D eigenvalue weighted by molar-refractivity contribution is 0.212. The van der Waals surface area contributed by atoms with Crippen LogP contribution in [0.15, 0.2) is 60.7 Å². The molecular formula is C22H20ClNO2. The maximum absolute atomic E-state index is 9.76. The zero-order valence-corrected chi connectivity index (χ0v) is 15.3. The van der Waals surface area contributed by atoms with Crippen LogP contribution in [0, 0.1) is 0 Å². The molecule has 1 aliphatic heterocycles. The number of rotatable bonds is 4. The number of hydrogen-bond donors (Lipinski definition) is 2. The second kappa shape index (κ2) is 7.02. The SMILES string of the molecule is COc1ccccc1Cc1ccc(-c2cc3c(cc2Cl)NC(O)C3)cc1. The summed E-state index contributed by atoms with van der Waals surface area (Å²) in [7, 11) is 1.70. The van der Waals surface area contributed by atoms with Crippen LogP contribution in [0.3, 0.4) is 0 Å². The fourth-order valence-electron chi connectivity index (χ4n) is 3.45. The van der Waals surface area contributed by atoms with Crippen molar-refractivity contribution < 1.29 is 9.84 Å². The summed E-state index contributed by atoms with van der Waals surface area (Å²) >= 11 is 6.46. The van der Waals surface area contributed by atoms with Gasteiger partial charge in [-0.2, -0.15) is 0 Å². The zero-order valence-electron chi connectivity index (χ0n) is 14.5. The summed E-state index contributed by atoms with van der Waals surface area (Å²) in [6, 6.07) is 20.5. The number of fused-ring (bicyclic) bond motifs is 1. The van der Waals surface area contributed by atoms with E-state index in [1.165, 1.54) is 11.1 Å². The first-order chi connectivity index (χ1) is 12.6. The topological polar surface area (TPSA) is 41.5 Å². The lowest BCUT2D eigenvalue weighted by Crippen LogP contribution is -2.12. The van der Waals surface area contributed by atoms with E-state index >= 15 is 0 Å². The summed E-state index contributed by atoms with van der Waals surface area (Å²) in [4.78, 5) is 0. The Morgan fingerprint density at radius 1 is 1.12 bits per heavy atom. The Morgan fingerprint density at radius 2 is 1.88 bits per heavy atom. The quantitative estimate of drug-likeness (QED) is 0.691. The fourth-order valence-corrected chi connectivity index (χ4v) is 3.73. The minimum atomic E-state index is -0.528. The molecule has 0 saturated heterocycles. The number of methoxy groups -OCH3 is 1. The number of nitrogens with one attached hydrogen (secondary N) is 1. The molecule has 4 heteroatoms. The Hall–Kier alpha value is -2.49. The summed E-state index contributed by atoms with van der Waals surface area (Å²) in [5.74, 6) is 0.907. The van der Waals surface area contributed by atoms with Gasteiger partial charge in [0.25, 0.3) is 0 Å². The van der Waals surface area contributed by atoms with Crippen molar-refractivity contribution in [1.29, 1.82) is 0 Å². The molecule has 0 aliphatic carbocycles. The lowest BCUT2D eigenvalue weighted by atomic mass is 9.98. The van der Waals surface area contributed by atoms with Crippen LogP contribution < -0.4 is 10.1 Å². The molecule has 2 N–H and O–H groups in total. The van der Waals surface area contributed by atoms with Crippen LogP contribution in [0.1, 0.15) is 16.7 Å². The normalized spacial score (nSPS) is 15.4. The van der Waals surface area contributed by atoms with Crippen LogP contribution in [0.4, 0.5) is 5.69 Å². The Labute approximate surface area is 158 Å². The Bertz CT molecular complexity index is 937. The van der Waals surface area contributed by atoms with Crippen molar-refractivity contribution in [3.63, 3.8) is 0 Å². The smallest absolute Gasteiger partial charge is 0.128 e. The maximum Gasteiger partial charge on any atom is 0.128 e. The summed E-state index contributed by atoms with van der Waals surface area (Å²) in [6.45, 7) is 0. The number of aliphatic hydroxyl groups excluding tert-OH is 1. The molecule has 3 aromatic carbocycles. The van der Waals surface area contributed by atoms with Gasteiger partial charge in [-0.05, 0) is 40.5 Å². The molecule has 0 spiro atoms. The molecule has 0 bridgehead atoms. The number of aliphatic hydroxyl groups is 1. The molecule has 132 valence electrons. The van der Waals surface area contributed by atoms with Gasteiger partial charge in [-0.15, -0.1) is 0 Å². The van der Waals surface area contributed by atoms with Gasteiger partial charge in [0.05, 0.1) is 12.1 Å². The number of hydrogen-bond acceptors (Lipinski definition) is 3. The van der Waals surface area contributed by atoms with Crippen molar-refractivity contribution in [2.45, 2.75) is 19.1 Å². The van der Waals surface area contributed by atoms with Gasteiger partial charge in [0.15, 0.2) is 0 Å². The molecule has 1 heterocycles. The van der Waals surface area contributed by atoms with Crippen LogP contribution in [0.2, 0.25) is 5.02 Å². The number of benzene rings is 3. The first-order valence-corrected chi connectivity index (χ1v) is 9.00. The van der Waals surface area contributed by atoms with E-state index in [0.717, 1.165) is 34.5 Å². The van der Waals surface area contributed by atoms with Gasteiger partial charge in [-0.1, -0.05) is 54.1 Å². The standard InChI is InChI=1S/C22H20ClNO2/c1-26-21-5-3-2-4-16(21)10-14-6-8-15(9-7-14)18-11-17-12-22(25)24-20(17)13-19(18)23/h2-9,11,13,22,24-25H,10,12H2,1H3. The number of ether oxygens (including phenoxy) is 1. The van der Waals surface area contributed by atoms with E-state index in [9.17, 15) is 5.11 Å². The maximum atomic E-state index is 9.76. The summed E-state index contributed by atoms with van der Waals surface area (Å²) in [6.07, 6.45) is 0.892. The fraction of sp³-hybridized carbons (Fsp3) is 0.182. The predicted molar refractivity (Wildman–Crippen MR) is 106 cm³/mol. The molecule has 1 atom stereocenters. The minimum absolute atomic E-state index is 0.528. The molecule has 4 rings (SSSR count). The van der Waals surface area contributed by atoms with E-state index in [2.05, 4.69) is 41.7 Å². The van der Waals surface area contributed by atoms with E-state index < -0.39 is 6.23 Å². The van der Waals surface area contributed by atoms with E-state index in [1.807, 2.05) is 24.3 Å². The molecule has 0 saturated carbocycles. The van der Waals surface area contributed by atoms with E-state index in [1.54, 1.807) is 7.11 Å². The highest BCUT2D eigenvalue weighted by Gasteiger charge is 2.20. The van der Waals surface area contributed by atoms with Crippen LogP contribution in [0.25, 0.3) is 11.1 Å².